The molecule has 1 aromatic carbocycles. The monoisotopic (exact) mass is 217 g/mol. The number of hydrogen-bond acceptors (Lipinski definition) is 3. The second-order valence-corrected chi connectivity index (χ2v) is 3.76. The molecule has 0 spiro atoms. The average molecular weight is 217 g/mol. The minimum absolute atomic E-state index is 0.251. The topological polar surface area (TPSA) is 64.1 Å². The van der Waals surface area contributed by atoms with E-state index in [9.17, 15) is 5.11 Å². The fraction of sp³-hybridized carbons (Fsp3) is 0.250. The normalized spacial score (nSPS) is 10.6. The predicted octanol–water partition coefficient (Wildman–Crippen LogP) is 1.29. The van der Waals surface area contributed by atoms with Crippen molar-refractivity contribution in [2.75, 3.05) is 6.54 Å². The van der Waals surface area contributed by atoms with Gasteiger partial charge in [-0.1, -0.05) is 12.1 Å². The molecule has 4 heteroatoms. The maximum absolute atomic E-state index is 9.42. The lowest BCUT2D eigenvalue weighted by Crippen LogP contribution is -2.02. The first-order valence-corrected chi connectivity index (χ1v) is 5.22. The number of phenolic OH excluding ortho intramolecular Hbond substituents is 1. The molecule has 84 valence electrons. The summed E-state index contributed by atoms with van der Waals surface area (Å²) in [6, 6.07) is 7.08. The number of aromatic nitrogens is 2. The molecule has 16 heavy (non-hydrogen) atoms. The first-order chi connectivity index (χ1) is 7.70. The zero-order valence-corrected chi connectivity index (χ0v) is 9.22. The molecule has 0 amide bonds. The van der Waals surface area contributed by atoms with Crippen LogP contribution in [0, 0.1) is 0 Å². The first kappa shape index (κ1) is 10.7. The van der Waals surface area contributed by atoms with Crippen LogP contribution in [0.2, 0.25) is 0 Å². The van der Waals surface area contributed by atoms with Crippen LogP contribution < -0.4 is 5.73 Å². The molecule has 1 heterocycles. The van der Waals surface area contributed by atoms with Crippen molar-refractivity contribution in [1.29, 1.82) is 0 Å². The van der Waals surface area contributed by atoms with Crippen LogP contribution in [0.5, 0.6) is 5.75 Å². The molecule has 0 aliphatic rings. The van der Waals surface area contributed by atoms with Crippen LogP contribution in [0.15, 0.2) is 30.5 Å². The summed E-state index contributed by atoms with van der Waals surface area (Å²) in [6.45, 7) is 0.594. The van der Waals surface area contributed by atoms with Gasteiger partial charge in [-0.25, -0.2) is 4.98 Å². The standard InChI is InChI=1S/C12H15N3O/c1-15-8-10(5-6-13)14-12(15)9-3-2-4-11(16)7-9/h2-4,7-8,16H,5-6,13H2,1H3. The maximum Gasteiger partial charge on any atom is 0.140 e. The Balaban J connectivity index is 2.40. The highest BCUT2D eigenvalue weighted by molar-refractivity contribution is 5.58. The van der Waals surface area contributed by atoms with Gasteiger partial charge < -0.3 is 15.4 Å². The minimum Gasteiger partial charge on any atom is -0.508 e. The first-order valence-electron chi connectivity index (χ1n) is 5.22. The molecule has 2 rings (SSSR count). The Morgan fingerprint density at radius 3 is 2.94 bits per heavy atom. The Morgan fingerprint density at radius 1 is 1.44 bits per heavy atom. The van der Waals surface area contributed by atoms with Gasteiger partial charge in [-0.15, -0.1) is 0 Å². The van der Waals surface area contributed by atoms with Crippen LogP contribution in [0.3, 0.4) is 0 Å². The van der Waals surface area contributed by atoms with Gasteiger partial charge in [0, 0.05) is 25.2 Å². The number of imidazole rings is 1. The lowest BCUT2D eigenvalue weighted by atomic mass is 10.2. The van der Waals surface area contributed by atoms with E-state index >= 15 is 0 Å². The van der Waals surface area contributed by atoms with Gasteiger partial charge in [0.1, 0.15) is 11.6 Å². The SMILES string of the molecule is Cn1cc(CCN)nc1-c1cccc(O)c1. The van der Waals surface area contributed by atoms with E-state index < -0.39 is 0 Å². The van der Waals surface area contributed by atoms with Crippen molar-refractivity contribution in [3.05, 3.63) is 36.2 Å². The van der Waals surface area contributed by atoms with Crippen molar-refractivity contribution in [1.82, 2.24) is 9.55 Å². The third-order valence-corrected chi connectivity index (χ3v) is 2.43. The van der Waals surface area contributed by atoms with Gasteiger partial charge in [-0.05, 0) is 18.7 Å². The van der Waals surface area contributed by atoms with E-state index in [1.165, 1.54) is 0 Å². The van der Waals surface area contributed by atoms with Crippen molar-refractivity contribution in [3.8, 4) is 17.1 Å². The number of nitrogens with zero attached hydrogens (tertiary/aromatic N) is 2. The molecule has 4 nitrogen and oxygen atoms in total. The molecule has 1 aromatic heterocycles. The van der Waals surface area contributed by atoms with Gasteiger partial charge in [0.15, 0.2) is 0 Å². The third kappa shape index (κ3) is 2.06. The molecule has 0 radical (unpaired) electrons. The molecule has 0 atom stereocenters. The Morgan fingerprint density at radius 2 is 2.25 bits per heavy atom. The van der Waals surface area contributed by atoms with Gasteiger partial charge in [0.2, 0.25) is 0 Å². The fourth-order valence-electron chi connectivity index (χ4n) is 1.71. The second-order valence-electron chi connectivity index (χ2n) is 3.76. The number of aromatic hydroxyl groups is 1. The Labute approximate surface area is 94.4 Å². The molecular formula is C12H15N3O. The number of aryl methyl sites for hydroxylation is 1. The van der Waals surface area contributed by atoms with Gasteiger partial charge in [0.25, 0.3) is 0 Å². The molecule has 3 N–H and O–H groups in total. The maximum atomic E-state index is 9.42. The summed E-state index contributed by atoms with van der Waals surface area (Å²) in [6.07, 6.45) is 2.74. The molecule has 0 fully saturated rings. The summed E-state index contributed by atoms with van der Waals surface area (Å²) >= 11 is 0. The van der Waals surface area contributed by atoms with E-state index in [2.05, 4.69) is 4.98 Å². The van der Waals surface area contributed by atoms with Crippen molar-refractivity contribution in [2.45, 2.75) is 6.42 Å². The zero-order valence-electron chi connectivity index (χ0n) is 9.22. The number of nitrogens with two attached hydrogens (primary N) is 1. The molecule has 0 aliphatic carbocycles. The number of rotatable bonds is 3. The minimum atomic E-state index is 0.251. The highest BCUT2D eigenvalue weighted by atomic mass is 16.3. The quantitative estimate of drug-likeness (QED) is 0.814. The third-order valence-electron chi connectivity index (χ3n) is 2.43. The van der Waals surface area contributed by atoms with Crippen LogP contribution in [-0.4, -0.2) is 21.2 Å². The van der Waals surface area contributed by atoms with E-state index in [4.69, 9.17) is 5.73 Å². The molecule has 0 saturated heterocycles. The fourth-order valence-corrected chi connectivity index (χ4v) is 1.71. The van der Waals surface area contributed by atoms with Crippen LogP contribution in [0.4, 0.5) is 0 Å². The second kappa shape index (κ2) is 4.37. The van der Waals surface area contributed by atoms with Crippen molar-refractivity contribution in [3.63, 3.8) is 0 Å². The largest absolute Gasteiger partial charge is 0.508 e. The highest BCUT2D eigenvalue weighted by Crippen LogP contribution is 2.22. The van der Waals surface area contributed by atoms with E-state index in [1.54, 1.807) is 12.1 Å². The van der Waals surface area contributed by atoms with Gasteiger partial charge in [-0.3, -0.25) is 0 Å². The van der Waals surface area contributed by atoms with Crippen LogP contribution in [0.1, 0.15) is 5.69 Å². The Kier molecular flexibility index (Phi) is 2.92. The summed E-state index contributed by atoms with van der Waals surface area (Å²) in [5.41, 5.74) is 7.38. The summed E-state index contributed by atoms with van der Waals surface area (Å²) in [7, 11) is 1.94. The van der Waals surface area contributed by atoms with Crippen LogP contribution >= 0.6 is 0 Å². The van der Waals surface area contributed by atoms with Crippen LogP contribution in [-0.2, 0) is 13.5 Å². The van der Waals surface area contributed by atoms with Crippen molar-refractivity contribution in [2.24, 2.45) is 12.8 Å². The number of hydrogen-bond donors (Lipinski definition) is 2. The van der Waals surface area contributed by atoms with Gasteiger partial charge >= 0.3 is 0 Å². The van der Waals surface area contributed by atoms with Crippen LogP contribution in [0.25, 0.3) is 11.4 Å². The molecule has 2 aromatic rings. The van der Waals surface area contributed by atoms with E-state index in [0.29, 0.717) is 6.54 Å². The molecule has 0 bridgehead atoms. The molecular weight excluding hydrogens is 202 g/mol. The number of phenols is 1. The Bertz CT molecular complexity index is 491. The molecule has 0 saturated carbocycles. The predicted molar refractivity (Wildman–Crippen MR) is 63.1 cm³/mol. The zero-order chi connectivity index (χ0) is 11.5. The van der Waals surface area contributed by atoms with E-state index in [1.807, 2.05) is 29.9 Å². The lowest BCUT2D eigenvalue weighted by molar-refractivity contribution is 0.475. The highest BCUT2D eigenvalue weighted by Gasteiger charge is 2.07. The molecule has 0 unspecified atom stereocenters. The number of benzene rings is 1. The van der Waals surface area contributed by atoms with Gasteiger partial charge in [-0.2, -0.15) is 0 Å². The summed E-state index contributed by atoms with van der Waals surface area (Å²) in [4.78, 5) is 4.48. The van der Waals surface area contributed by atoms with E-state index in [0.717, 1.165) is 23.5 Å². The average Bonchev–Trinajstić information content (AvgIpc) is 2.60. The Hall–Kier alpha value is -1.81. The van der Waals surface area contributed by atoms with Gasteiger partial charge in [0.05, 0.1) is 5.69 Å². The van der Waals surface area contributed by atoms with Crippen molar-refractivity contribution < 1.29 is 5.11 Å². The summed E-state index contributed by atoms with van der Waals surface area (Å²) in [5.74, 6) is 1.10. The molecule has 0 aliphatic heterocycles. The van der Waals surface area contributed by atoms with Crippen molar-refractivity contribution >= 4 is 0 Å². The lowest BCUT2D eigenvalue weighted by Gasteiger charge is -2.01. The summed E-state index contributed by atoms with van der Waals surface area (Å²) < 4.78 is 1.94. The summed E-state index contributed by atoms with van der Waals surface area (Å²) in [5, 5.41) is 9.42. The smallest absolute Gasteiger partial charge is 0.140 e. The van der Waals surface area contributed by atoms with E-state index in [-0.39, 0.29) is 5.75 Å².